The first-order valence-electron chi connectivity index (χ1n) is 6.00. The van der Waals surface area contributed by atoms with Crippen LogP contribution in [-0.4, -0.2) is 15.9 Å². The topological polar surface area (TPSA) is 40.5 Å². The van der Waals surface area contributed by atoms with Crippen LogP contribution in [0.1, 0.15) is 21.5 Å². The molecule has 4 heteroatoms. The molecule has 1 amide bonds. The maximum absolute atomic E-state index is 12.3. The predicted molar refractivity (Wildman–Crippen MR) is 75.8 cm³/mol. The van der Waals surface area contributed by atoms with E-state index in [1.165, 1.54) is 0 Å². The van der Waals surface area contributed by atoms with Crippen LogP contribution < -0.4 is 0 Å². The highest BCUT2D eigenvalue weighted by molar-refractivity contribution is 9.10. The molecule has 0 radical (unpaired) electrons. The van der Waals surface area contributed by atoms with Crippen LogP contribution in [0.5, 0.6) is 5.75 Å². The molecule has 0 aliphatic carbocycles. The van der Waals surface area contributed by atoms with Crippen LogP contribution in [0.4, 0.5) is 0 Å². The molecule has 0 fully saturated rings. The first kappa shape index (κ1) is 12.2. The standard InChI is InChI=1S/C15H12BrNO2/c16-14-3-1-2-12-13(14)9-17(15(12)19)8-10-4-6-11(18)7-5-10/h1-7,18H,8-9H2. The van der Waals surface area contributed by atoms with Gasteiger partial charge in [-0.1, -0.05) is 34.1 Å². The smallest absolute Gasteiger partial charge is 0.254 e. The molecule has 0 spiro atoms. The van der Waals surface area contributed by atoms with E-state index in [4.69, 9.17) is 0 Å². The average molecular weight is 318 g/mol. The molecule has 19 heavy (non-hydrogen) atoms. The highest BCUT2D eigenvalue weighted by Crippen LogP contribution is 2.30. The molecule has 3 nitrogen and oxygen atoms in total. The Morgan fingerprint density at radius 3 is 2.58 bits per heavy atom. The first-order valence-corrected chi connectivity index (χ1v) is 6.79. The van der Waals surface area contributed by atoms with E-state index in [-0.39, 0.29) is 11.7 Å². The summed E-state index contributed by atoms with van der Waals surface area (Å²) >= 11 is 3.49. The van der Waals surface area contributed by atoms with Crippen LogP contribution in [0.3, 0.4) is 0 Å². The van der Waals surface area contributed by atoms with Crippen molar-refractivity contribution in [3.8, 4) is 5.75 Å². The van der Waals surface area contributed by atoms with Crippen LogP contribution in [0.2, 0.25) is 0 Å². The number of carbonyl (C=O) groups excluding carboxylic acids is 1. The van der Waals surface area contributed by atoms with Crippen LogP contribution >= 0.6 is 15.9 Å². The zero-order valence-electron chi connectivity index (χ0n) is 10.1. The van der Waals surface area contributed by atoms with Crippen molar-refractivity contribution in [2.75, 3.05) is 0 Å². The van der Waals surface area contributed by atoms with Crippen molar-refractivity contribution in [1.29, 1.82) is 0 Å². The van der Waals surface area contributed by atoms with E-state index >= 15 is 0 Å². The normalized spacial score (nSPS) is 13.7. The number of phenolic OH excluding ortho intramolecular Hbond substituents is 1. The van der Waals surface area contributed by atoms with Gasteiger partial charge in [0.15, 0.2) is 0 Å². The summed E-state index contributed by atoms with van der Waals surface area (Å²) in [5.74, 6) is 0.298. The number of amides is 1. The number of rotatable bonds is 2. The number of fused-ring (bicyclic) bond motifs is 1. The lowest BCUT2D eigenvalue weighted by Gasteiger charge is -2.15. The lowest BCUT2D eigenvalue weighted by Crippen LogP contribution is -2.23. The largest absolute Gasteiger partial charge is 0.508 e. The fourth-order valence-electron chi connectivity index (χ4n) is 2.30. The summed E-state index contributed by atoms with van der Waals surface area (Å²) in [6.07, 6.45) is 0. The number of nitrogens with zero attached hydrogens (tertiary/aromatic N) is 1. The van der Waals surface area contributed by atoms with E-state index in [9.17, 15) is 9.90 Å². The van der Waals surface area contributed by atoms with Crippen LogP contribution in [0.25, 0.3) is 0 Å². The third kappa shape index (κ3) is 2.24. The molecule has 0 bridgehead atoms. The monoisotopic (exact) mass is 317 g/mol. The van der Waals surface area contributed by atoms with Gasteiger partial charge in [0.05, 0.1) is 0 Å². The van der Waals surface area contributed by atoms with E-state index in [1.807, 2.05) is 35.2 Å². The number of halogens is 1. The summed E-state index contributed by atoms with van der Waals surface area (Å²) in [6.45, 7) is 1.18. The fraction of sp³-hybridized carbons (Fsp3) is 0.133. The Morgan fingerprint density at radius 2 is 1.89 bits per heavy atom. The SMILES string of the molecule is O=C1c2cccc(Br)c2CN1Cc1ccc(O)cc1. The number of phenols is 1. The Balaban J connectivity index is 1.84. The Bertz CT molecular complexity index is 637. The average Bonchev–Trinajstić information content (AvgIpc) is 2.72. The van der Waals surface area contributed by atoms with Crippen molar-refractivity contribution in [2.24, 2.45) is 0 Å². The molecule has 0 aromatic heterocycles. The van der Waals surface area contributed by atoms with Gasteiger partial charge < -0.3 is 10.0 Å². The zero-order chi connectivity index (χ0) is 13.4. The Kier molecular flexibility index (Phi) is 3.03. The van der Waals surface area contributed by atoms with E-state index in [0.29, 0.717) is 13.1 Å². The fourth-order valence-corrected chi connectivity index (χ4v) is 2.79. The second kappa shape index (κ2) is 4.70. The molecule has 0 unspecified atom stereocenters. The minimum absolute atomic E-state index is 0.0596. The van der Waals surface area contributed by atoms with Gasteiger partial charge in [0.2, 0.25) is 0 Å². The Morgan fingerprint density at radius 1 is 1.16 bits per heavy atom. The molecule has 0 atom stereocenters. The lowest BCUT2D eigenvalue weighted by atomic mass is 10.1. The highest BCUT2D eigenvalue weighted by atomic mass is 79.9. The van der Waals surface area contributed by atoms with Gasteiger partial charge in [-0.15, -0.1) is 0 Å². The third-order valence-corrected chi connectivity index (χ3v) is 4.04. The summed E-state index contributed by atoms with van der Waals surface area (Å²) < 4.78 is 0.978. The van der Waals surface area contributed by atoms with E-state index in [0.717, 1.165) is 21.2 Å². The summed E-state index contributed by atoms with van der Waals surface area (Å²) in [5, 5.41) is 9.26. The zero-order valence-corrected chi connectivity index (χ0v) is 11.7. The quantitative estimate of drug-likeness (QED) is 0.923. The Labute approximate surface area is 119 Å². The highest BCUT2D eigenvalue weighted by Gasteiger charge is 2.28. The molecule has 2 aromatic rings. The van der Waals surface area contributed by atoms with Crippen molar-refractivity contribution in [1.82, 2.24) is 4.90 Å². The molecular formula is C15H12BrNO2. The van der Waals surface area contributed by atoms with Crippen molar-refractivity contribution in [3.05, 3.63) is 63.6 Å². The van der Waals surface area contributed by atoms with Gasteiger partial charge in [0.25, 0.3) is 5.91 Å². The van der Waals surface area contributed by atoms with Gasteiger partial charge in [-0.3, -0.25) is 4.79 Å². The molecular weight excluding hydrogens is 306 g/mol. The molecule has 3 rings (SSSR count). The summed E-state index contributed by atoms with van der Waals surface area (Å²) in [4.78, 5) is 14.1. The summed E-state index contributed by atoms with van der Waals surface area (Å²) in [5.41, 5.74) is 2.83. The minimum atomic E-state index is 0.0596. The molecule has 1 heterocycles. The van der Waals surface area contributed by atoms with Crippen molar-refractivity contribution in [2.45, 2.75) is 13.1 Å². The molecule has 96 valence electrons. The van der Waals surface area contributed by atoms with Gasteiger partial charge in [-0.25, -0.2) is 0 Å². The van der Waals surface area contributed by atoms with Crippen molar-refractivity contribution in [3.63, 3.8) is 0 Å². The van der Waals surface area contributed by atoms with Gasteiger partial charge in [0.1, 0.15) is 5.75 Å². The number of benzene rings is 2. The number of aromatic hydroxyl groups is 1. The summed E-state index contributed by atoms with van der Waals surface area (Å²) in [7, 11) is 0. The Hall–Kier alpha value is -1.81. The second-order valence-corrected chi connectivity index (χ2v) is 5.45. The van der Waals surface area contributed by atoms with Crippen molar-refractivity contribution < 1.29 is 9.90 Å². The second-order valence-electron chi connectivity index (χ2n) is 4.59. The summed E-state index contributed by atoms with van der Waals surface area (Å²) in [6, 6.07) is 12.6. The maximum atomic E-state index is 12.3. The molecule has 0 saturated heterocycles. The number of hydrogen-bond donors (Lipinski definition) is 1. The first-order chi connectivity index (χ1) is 9.15. The van der Waals surface area contributed by atoms with E-state index in [2.05, 4.69) is 15.9 Å². The number of carbonyl (C=O) groups is 1. The third-order valence-electron chi connectivity index (χ3n) is 3.30. The minimum Gasteiger partial charge on any atom is -0.508 e. The molecule has 0 saturated carbocycles. The predicted octanol–water partition coefficient (Wildman–Crippen LogP) is 3.31. The van der Waals surface area contributed by atoms with Crippen LogP contribution in [0.15, 0.2) is 46.9 Å². The molecule has 1 aliphatic rings. The van der Waals surface area contributed by atoms with Crippen molar-refractivity contribution >= 4 is 21.8 Å². The molecule has 1 aliphatic heterocycles. The molecule has 2 aromatic carbocycles. The van der Waals surface area contributed by atoms with Gasteiger partial charge in [0, 0.05) is 23.1 Å². The number of hydrogen-bond acceptors (Lipinski definition) is 2. The lowest BCUT2D eigenvalue weighted by molar-refractivity contribution is 0.0766. The van der Waals surface area contributed by atoms with E-state index in [1.54, 1.807) is 12.1 Å². The van der Waals surface area contributed by atoms with Crippen LogP contribution in [-0.2, 0) is 13.1 Å². The van der Waals surface area contributed by atoms with Crippen LogP contribution in [0, 0.1) is 0 Å². The molecule has 1 N–H and O–H groups in total. The van der Waals surface area contributed by atoms with Gasteiger partial charge in [-0.2, -0.15) is 0 Å². The van der Waals surface area contributed by atoms with E-state index < -0.39 is 0 Å². The maximum Gasteiger partial charge on any atom is 0.254 e. The van der Waals surface area contributed by atoms with Gasteiger partial charge >= 0.3 is 0 Å². The van der Waals surface area contributed by atoms with Gasteiger partial charge in [-0.05, 0) is 35.4 Å².